The smallest absolute Gasteiger partial charge is 0.257 e. The van der Waals surface area contributed by atoms with Crippen molar-refractivity contribution in [3.8, 4) is 0 Å². The zero-order valence-corrected chi connectivity index (χ0v) is 15.7. The molecule has 1 aliphatic rings. The van der Waals surface area contributed by atoms with Gasteiger partial charge in [-0.3, -0.25) is 15.0 Å². The number of rotatable bonds is 4. The molecule has 1 saturated heterocycles. The third kappa shape index (κ3) is 4.70. The van der Waals surface area contributed by atoms with Gasteiger partial charge < -0.3 is 0 Å². The van der Waals surface area contributed by atoms with E-state index in [0.29, 0.717) is 20.7 Å². The van der Waals surface area contributed by atoms with Crippen LogP contribution in [-0.2, 0) is 6.54 Å². The van der Waals surface area contributed by atoms with E-state index < -0.39 is 0 Å². The molecule has 1 aromatic heterocycles. The van der Waals surface area contributed by atoms with Crippen molar-refractivity contribution in [1.29, 1.82) is 0 Å². The highest BCUT2D eigenvalue weighted by molar-refractivity contribution is 7.14. The molecule has 0 unspecified atom stereocenters. The Morgan fingerprint density at radius 2 is 2.12 bits per heavy atom. The van der Waals surface area contributed by atoms with Crippen LogP contribution in [0.4, 0.5) is 5.13 Å². The first-order valence-corrected chi connectivity index (χ1v) is 9.57. The van der Waals surface area contributed by atoms with E-state index in [-0.39, 0.29) is 5.91 Å². The average molecular weight is 384 g/mol. The third-order valence-corrected chi connectivity index (χ3v) is 5.27. The van der Waals surface area contributed by atoms with Crippen LogP contribution in [0.3, 0.4) is 0 Å². The molecule has 128 valence electrons. The van der Waals surface area contributed by atoms with Crippen LogP contribution in [0.15, 0.2) is 23.6 Å². The number of carbonyl (C=O) groups is 1. The maximum atomic E-state index is 12.3. The molecule has 0 saturated carbocycles. The molecule has 1 aliphatic heterocycles. The van der Waals surface area contributed by atoms with Gasteiger partial charge in [0.2, 0.25) is 0 Å². The number of carbonyl (C=O) groups excluding carboxylic acids is 1. The molecule has 0 aliphatic carbocycles. The number of amides is 1. The molecule has 2 aromatic rings. The standard InChI is InChI=1S/C17H19Cl2N3OS/c1-11-3-2-4-22(8-11)9-15-10-24-17(20-15)21-16(23)12-5-13(18)7-14(19)6-12/h5-7,10-11H,2-4,8-9H2,1H3,(H,20,21,23)/t11-/m0/s1. The van der Waals surface area contributed by atoms with Gasteiger partial charge in [0.1, 0.15) is 0 Å². The quantitative estimate of drug-likeness (QED) is 0.813. The van der Waals surface area contributed by atoms with Crippen LogP contribution in [0.1, 0.15) is 35.8 Å². The summed E-state index contributed by atoms with van der Waals surface area (Å²) in [5.74, 6) is 0.482. The van der Waals surface area contributed by atoms with Gasteiger partial charge in [0.05, 0.1) is 5.69 Å². The molecule has 2 heterocycles. The number of piperidine rings is 1. The molecule has 1 amide bonds. The molecular weight excluding hydrogens is 365 g/mol. The minimum absolute atomic E-state index is 0.258. The first-order valence-electron chi connectivity index (χ1n) is 7.94. The van der Waals surface area contributed by atoms with E-state index in [1.54, 1.807) is 18.2 Å². The van der Waals surface area contributed by atoms with Gasteiger partial charge in [0.15, 0.2) is 5.13 Å². The number of anilines is 1. The third-order valence-electron chi connectivity index (χ3n) is 4.02. The van der Waals surface area contributed by atoms with Crippen LogP contribution in [0.5, 0.6) is 0 Å². The van der Waals surface area contributed by atoms with Crippen molar-refractivity contribution >= 4 is 45.6 Å². The van der Waals surface area contributed by atoms with E-state index in [2.05, 4.69) is 22.1 Å². The number of halogens is 2. The number of hydrogen-bond acceptors (Lipinski definition) is 4. The molecular formula is C17H19Cl2N3OS. The van der Waals surface area contributed by atoms with Crippen molar-refractivity contribution in [3.63, 3.8) is 0 Å². The Balaban J connectivity index is 1.62. The second-order valence-electron chi connectivity index (χ2n) is 6.24. The summed E-state index contributed by atoms with van der Waals surface area (Å²) < 4.78 is 0. The van der Waals surface area contributed by atoms with Crippen molar-refractivity contribution in [2.45, 2.75) is 26.3 Å². The van der Waals surface area contributed by atoms with E-state index in [0.717, 1.165) is 31.2 Å². The van der Waals surface area contributed by atoms with Crippen molar-refractivity contribution in [1.82, 2.24) is 9.88 Å². The minimum atomic E-state index is -0.258. The Morgan fingerprint density at radius 3 is 2.83 bits per heavy atom. The molecule has 0 radical (unpaired) electrons. The number of thiazole rings is 1. The molecule has 1 atom stereocenters. The lowest BCUT2D eigenvalue weighted by atomic mass is 10.0. The number of hydrogen-bond donors (Lipinski definition) is 1. The summed E-state index contributed by atoms with van der Waals surface area (Å²) in [4.78, 5) is 19.2. The van der Waals surface area contributed by atoms with Crippen LogP contribution in [0.25, 0.3) is 0 Å². The predicted molar refractivity (Wildman–Crippen MR) is 100 cm³/mol. The summed E-state index contributed by atoms with van der Waals surface area (Å²) in [7, 11) is 0. The zero-order valence-electron chi connectivity index (χ0n) is 13.4. The van der Waals surface area contributed by atoms with Gasteiger partial charge in [-0.1, -0.05) is 30.1 Å². The molecule has 24 heavy (non-hydrogen) atoms. The highest BCUT2D eigenvalue weighted by Gasteiger charge is 2.18. The summed E-state index contributed by atoms with van der Waals surface area (Å²) in [6.45, 7) is 5.35. The molecule has 7 heteroatoms. The SMILES string of the molecule is C[C@H]1CCCN(Cc2csc(NC(=O)c3cc(Cl)cc(Cl)c3)n2)C1. The van der Waals surface area contributed by atoms with Gasteiger partial charge >= 0.3 is 0 Å². The number of nitrogens with zero attached hydrogens (tertiary/aromatic N) is 2. The molecule has 1 fully saturated rings. The highest BCUT2D eigenvalue weighted by Crippen LogP contribution is 2.23. The topological polar surface area (TPSA) is 45.2 Å². The normalized spacial score (nSPS) is 18.5. The minimum Gasteiger partial charge on any atom is -0.298 e. The largest absolute Gasteiger partial charge is 0.298 e. The van der Waals surface area contributed by atoms with Gasteiger partial charge in [0, 0.05) is 34.1 Å². The van der Waals surface area contributed by atoms with Crippen molar-refractivity contribution in [2.75, 3.05) is 18.4 Å². The van der Waals surface area contributed by atoms with E-state index in [1.165, 1.54) is 24.2 Å². The Labute approximate surface area is 155 Å². The van der Waals surface area contributed by atoms with Gasteiger partial charge in [-0.25, -0.2) is 4.98 Å². The lowest BCUT2D eigenvalue weighted by molar-refractivity contribution is 0.102. The summed E-state index contributed by atoms with van der Waals surface area (Å²) in [6.07, 6.45) is 2.54. The molecule has 0 bridgehead atoms. The molecule has 1 N–H and O–H groups in total. The summed E-state index contributed by atoms with van der Waals surface area (Å²) >= 11 is 13.3. The first kappa shape index (κ1) is 17.7. The Morgan fingerprint density at radius 1 is 1.38 bits per heavy atom. The number of likely N-dealkylation sites (tertiary alicyclic amines) is 1. The Bertz CT molecular complexity index is 714. The van der Waals surface area contributed by atoms with E-state index in [9.17, 15) is 4.79 Å². The monoisotopic (exact) mass is 383 g/mol. The fourth-order valence-corrected chi connectivity index (χ4v) is 4.17. The van der Waals surface area contributed by atoms with E-state index in [1.807, 2.05) is 5.38 Å². The van der Waals surface area contributed by atoms with Crippen molar-refractivity contribution in [3.05, 3.63) is 44.9 Å². The number of benzene rings is 1. The molecule has 3 rings (SSSR count). The lowest BCUT2D eigenvalue weighted by Crippen LogP contribution is -2.33. The van der Waals surface area contributed by atoms with E-state index in [4.69, 9.17) is 23.2 Å². The summed E-state index contributed by atoms with van der Waals surface area (Å²) in [5.41, 5.74) is 1.42. The Kier molecular flexibility index (Phi) is 5.76. The van der Waals surface area contributed by atoms with Crippen molar-refractivity contribution in [2.24, 2.45) is 5.92 Å². The van der Waals surface area contributed by atoms with Gasteiger partial charge in [-0.05, 0) is 43.5 Å². The second kappa shape index (κ2) is 7.83. The van der Waals surface area contributed by atoms with Crippen LogP contribution >= 0.6 is 34.5 Å². The Hall–Kier alpha value is -1.14. The fourth-order valence-electron chi connectivity index (χ4n) is 2.95. The lowest BCUT2D eigenvalue weighted by Gasteiger charge is -2.30. The van der Waals surface area contributed by atoms with Crippen molar-refractivity contribution < 1.29 is 4.79 Å². The maximum absolute atomic E-state index is 12.3. The fraction of sp³-hybridized carbons (Fsp3) is 0.412. The van der Waals surface area contributed by atoms with Gasteiger partial charge in [-0.15, -0.1) is 11.3 Å². The molecule has 1 aromatic carbocycles. The van der Waals surface area contributed by atoms with Crippen LogP contribution in [-0.4, -0.2) is 28.9 Å². The summed E-state index contributed by atoms with van der Waals surface area (Å²) in [5, 5.41) is 6.28. The van der Waals surface area contributed by atoms with Crippen LogP contribution in [0, 0.1) is 5.92 Å². The van der Waals surface area contributed by atoms with Crippen LogP contribution in [0.2, 0.25) is 10.0 Å². The zero-order chi connectivity index (χ0) is 17.1. The predicted octanol–water partition coefficient (Wildman–Crippen LogP) is 4.93. The summed E-state index contributed by atoms with van der Waals surface area (Å²) in [6, 6.07) is 4.78. The van der Waals surface area contributed by atoms with E-state index >= 15 is 0 Å². The second-order valence-corrected chi connectivity index (χ2v) is 7.97. The van der Waals surface area contributed by atoms with Crippen LogP contribution < -0.4 is 5.32 Å². The maximum Gasteiger partial charge on any atom is 0.257 e. The first-order chi connectivity index (χ1) is 11.5. The van der Waals surface area contributed by atoms with Gasteiger partial charge in [-0.2, -0.15) is 0 Å². The number of nitrogens with one attached hydrogen (secondary N) is 1. The molecule has 4 nitrogen and oxygen atoms in total. The molecule has 0 spiro atoms. The number of aromatic nitrogens is 1. The average Bonchev–Trinajstić information content (AvgIpc) is 2.93. The van der Waals surface area contributed by atoms with Gasteiger partial charge in [0.25, 0.3) is 5.91 Å². The highest BCUT2D eigenvalue weighted by atomic mass is 35.5.